The molecule has 0 unspecified atom stereocenters. The van der Waals surface area contributed by atoms with Crippen LogP contribution >= 0.6 is 0 Å². The Labute approximate surface area is 240 Å². The van der Waals surface area contributed by atoms with Crippen molar-refractivity contribution in [1.29, 1.82) is 0 Å². The first-order chi connectivity index (χ1) is 19.6. The van der Waals surface area contributed by atoms with Crippen molar-refractivity contribution in [1.82, 2.24) is 4.57 Å². The molecule has 1 aromatic heterocycles. The summed E-state index contributed by atoms with van der Waals surface area (Å²) >= 11 is 0. The zero-order valence-corrected chi connectivity index (χ0v) is 24.5. The summed E-state index contributed by atoms with van der Waals surface area (Å²) in [6.07, 6.45) is 5.63. The van der Waals surface area contributed by atoms with Crippen LogP contribution in [0.5, 0.6) is 5.75 Å². The average Bonchev–Trinajstić information content (AvgIpc) is 3.52. The predicted molar refractivity (Wildman–Crippen MR) is 154 cm³/mol. The minimum absolute atomic E-state index is 0.0232. The Kier molecular flexibility index (Phi) is 7.10. The van der Waals surface area contributed by atoms with Gasteiger partial charge in [0.05, 0.1) is 31.4 Å². The molecule has 8 nitrogen and oxygen atoms in total. The lowest BCUT2D eigenvalue weighted by Crippen LogP contribution is -2.43. The van der Waals surface area contributed by atoms with E-state index in [1.807, 2.05) is 45.9 Å². The number of methoxy groups -OCH3 is 1. The first-order valence-corrected chi connectivity index (χ1v) is 14.6. The minimum Gasteiger partial charge on any atom is -0.489 e. The second-order valence-electron chi connectivity index (χ2n) is 12.5. The van der Waals surface area contributed by atoms with Gasteiger partial charge in [0.25, 0.3) is 0 Å². The van der Waals surface area contributed by atoms with Crippen molar-refractivity contribution in [3.8, 4) is 5.75 Å². The van der Waals surface area contributed by atoms with Crippen LogP contribution in [0.2, 0.25) is 0 Å². The van der Waals surface area contributed by atoms with Gasteiger partial charge in [0.1, 0.15) is 17.5 Å². The molecule has 3 fully saturated rings. The normalized spacial score (nSPS) is 22.2. The van der Waals surface area contributed by atoms with Crippen LogP contribution < -0.4 is 4.74 Å². The molecular formula is C33H39NO7. The van der Waals surface area contributed by atoms with Crippen LogP contribution in [0.25, 0.3) is 10.9 Å². The lowest BCUT2D eigenvalue weighted by molar-refractivity contribution is -0.191. The summed E-state index contributed by atoms with van der Waals surface area (Å²) in [5, 5.41) is 0.922. The van der Waals surface area contributed by atoms with Gasteiger partial charge >= 0.3 is 12.1 Å². The molecule has 6 rings (SSSR count). The van der Waals surface area contributed by atoms with Crippen molar-refractivity contribution in [3.05, 3.63) is 64.8 Å². The summed E-state index contributed by atoms with van der Waals surface area (Å²) in [7, 11) is 1.38. The third-order valence-electron chi connectivity index (χ3n) is 8.38. The zero-order valence-electron chi connectivity index (χ0n) is 24.5. The summed E-state index contributed by atoms with van der Waals surface area (Å²) in [6.45, 7) is 8.83. The molecule has 2 aliphatic carbocycles. The van der Waals surface area contributed by atoms with Gasteiger partial charge in [0.2, 0.25) is 0 Å². The molecule has 2 saturated carbocycles. The Morgan fingerprint density at radius 2 is 1.73 bits per heavy atom. The molecule has 0 radical (unpaired) electrons. The van der Waals surface area contributed by atoms with E-state index >= 15 is 0 Å². The van der Waals surface area contributed by atoms with E-state index in [1.54, 1.807) is 22.9 Å². The summed E-state index contributed by atoms with van der Waals surface area (Å²) in [5.74, 6) is 0.295. The molecule has 2 atom stereocenters. The van der Waals surface area contributed by atoms with Crippen molar-refractivity contribution in [2.45, 2.75) is 89.1 Å². The van der Waals surface area contributed by atoms with Crippen LogP contribution in [0.15, 0.2) is 42.6 Å². The van der Waals surface area contributed by atoms with Crippen LogP contribution in [0.1, 0.15) is 91.8 Å². The molecule has 1 spiro atoms. The fourth-order valence-corrected chi connectivity index (χ4v) is 6.33. The topological polar surface area (TPSA) is 85.2 Å². The molecule has 3 aliphatic rings. The maximum Gasteiger partial charge on any atom is 0.419 e. The number of carbonyl (C=O) groups is 2. The van der Waals surface area contributed by atoms with E-state index < -0.39 is 17.5 Å². The van der Waals surface area contributed by atoms with Gasteiger partial charge < -0.3 is 23.7 Å². The third kappa shape index (κ3) is 5.47. The van der Waals surface area contributed by atoms with Crippen LogP contribution in [-0.2, 0) is 18.9 Å². The Morgan fingerprint density at radius 3 is 2.37 bits per heavy atom. The van der Waals surface area contributed by atoms with E-state index in [2.05, 4.69) is 6.07 Å². The Balaban J connectivity index is 1.39. The van der Waals surface area contributed by atoms with Crippen LogP contribution in [0.3, 0.4) is 0 Å². The summed E-state index contributed by atoms with van der Waals surface area (Å²) in [5.41, 5.74) is 4.00. The first kappa shape index (κ1) is 27.8. The highest BCUT2D eigenvalue weighted by Crippen LogP contribution is 2.50. The van der Waals surface area contributed by atoms with Gasteiger partial charge in [-0.2, -0.15) is 0 Å². The SMILES string of the molecule is COC(=O)c1ccc([C@@H]2CC3(CC[C@H]2Oc2c(C4CC4)cc(C)c4c2ccn4C(=O)OC(C)(C)C)OCCO3)cc1. The van der Waals surface area contributed by atoms with Gasteiger partial charge in [-0.1, -0.05) is 12.1 Å². The molecule has 2 heterocycles. The van der Waals surface area contributed by atoms with Gasteiger partial charge in [-0.05, 0) is 93.8 Å². The van der Waals surface area contributed by atoms with Crippen molar-refractivity contribution in [3.63, 3.8) is 0 Å². The van der Waals surface area contributed by atoms with E-state index in [0.29, 0.717) is 31.1 Å². The highest BCUT2D eigenvalue weighted by molar-refractivity contribution is 5.96. The molecule has 1 saturated heterocycles. The quantitative estimate of drug-likeness (QED) is 0.315. The molecule has 218 valence electrons. The first-order valence-electron chi connectivity index (χ1n) is 14.6. The molecule has 8 heteroatoms. The maximum absolute atomic E-state index is 13.1. The number of hydrogen-bond acceptors (Lipinski definition) is 7. The van der Waals surface area contributed by atoms with Crippen molar-refractivity contribution < 1.29 is 33.3 Å². The standard InChI is InChI=1S/C33H39NO7/c1-20-18-25(21-6-7-21)29(24-13-15-34(28(20)24)31(36)41-32(2,3)4)40-27-12-14-33(38-16-17-39-33)19-26(27)22-8-10-23(11-9-22)30(35)37-5/h8-11,13,15,18,21,26-27H,6-7,12,14,16-17,19H2,1-5H3/t26-,27+/m0/s1. The number of rotatable bonds is 5. The number of aromatic nitrogens is 1. The largest absolute Gasteiger partial charge is 0.489 e. The molecule has 2 aromatic carbocycles. The number of benzene rings is 2. The smallest absolute Gasteiger partial charge is 0.419 e. The Hall–Kier alpha value is -3.36. The van der Waals surface area contributed by atoms with Crippen LogP contribution in [0.4, 0.5) is 4.79 Å². The summed E-state index contributed by atoms with van der Waals surface area (Å²) < 4.78 is 31.5. The second-order valence-corrected chi connectivity index (χ2v) is 12.5. The van der Waals surface area contributed by atoms with E-state index in [1.165, 1.54) is 12.7 Å². The monoisotopic (exact) mass is 561 g/mol. The number of aryl methyl sites for hydroxylation is 1. The van der Waals surface area contributed by atoms with Gasteiger partial charge in [0.15, 0.2) is 5.79 Å². The van der Waals surface area contributed by atoms with Gasteiger partial charge in [-0.15, -0.1) is 0 Å². The number of carbonyl (C=O) groups excluding carboxylic acids is 2. The van der Waals surface area contributed by atoms with Crippen LogP contribution in [0, 0.1) is 6.92 Å². The molecule has 41 heavy (non-hydrogen) atoms. The fourth-order valence-electron chi connectivity index (χ4n) is 6.33. The van der Waals surface area contributed by atoms with E-state index in [9.17, 15) is 9.59 Å². The lowest BCUT2D eigenvalue weighted by atomic mass is 9.78. The summed E-state index contributed by atoms with van der Waals surface area (Å²) in [4.78, 5) is 25.2. The maximum atomic E-state index is 13.1. The summed E-state index contributed by atoms with van der Waals surface area (Å²) in [6, 6.07) is 11.7. The van der Waals surface area contributed by atoms with E-state index in [4.69, 9.17) is 23.7 Å². The van der Waals surface area contributed by atoms with Crippen molar-refractivity contribution in [2.75, 3.05) is 20.3 Å². The average molecular weight is 562 g/mol. The number of ether oxygens (including phenoxy) is 5. The molecule has 0 N–H and O–H groups in total. The number of hydrogen-bond donors (Lipinski definition) is 0. The van der Waals surface area contributed by atoms with E-state index in [0.717, 1.165) is 53.5 Å². The Morgan fingerprint density at radius 1 is 1.02 bits per heavy atom. The van der Waals surface area contributed by atoms with Crippen molar-refractivity contribution >= 4 is 23.0 Å². The fraction of sp³-hybridized carbons (Fsp3) is 0.515. The molecular weight excluding hydrogens is 522 g/mol. The van der Waals surface area contributed by atoms with Crippen molar-refractivity contribution in [2.24, 2.45) is 0 Å². The second kappa shape index (κ2) is 10.5. The number of nitrogens with zero attached hydrogens (tertiary/aromatic N) is 1. The van der Waals surface area contributed by atoms with Gasteiger partial charge in [-0.3, -0.25) is 4.57 Å². The molecule has 3 aromatic rings. The minimum atomic E-state index is -0.618. The Bertz CT molecular complexity index is 1460. The van der Waals surface area contributed by atoms with Crippen LogP contribution in [-0.4, -0.2) is 54.4 Å². The van der Waals surface area contributed by atoms with E-state index in [-0.39, 0.29) is 18.0 Å². The molecule has 1 aliphatic heterocycles. The van der Waals surface area contributed by atoms with Gasteiger partial charge in [0, 0.05) is 30.3 Å². The molecule has 0 bridgehead atoms. The third-order valence-corrected chi connectivity index (χ3v) is 8.38. The lowest BCUT2D eigenvalue weighted by Gasteiger charge is -2.41. The van der Waals surface area contributed by atoms with Gasteiger partial charge in [-0.25, -0.2) is 9.59 Å². The molecule has 0 amide bonds. The zero-order chi connectivity index (χ0) is 28.9. The predicted octanol–water partition coefficient (Wildman–Crippen LogP) is 6.86. The highest BCUT2D eigenvalue weighted by atomic mass is 16.7. The number of esters is 1. The number of fused-ring (bicyclic) bond motifs is 1. The highest BCUT2D eigenvalue weighted by Gasteiger charge is 2.47.